The lowest BCUT2D eigenvalue weighted by Gasteiger charge is -2.59. The fourth-order valence-electron chi connectivity index (χ4n) is 7.07. The van der Waals surface area contributed by atoms with Crippen molar-refractivity contribution in [2.45, 2.75) is 78.1 Å². The molecule has 1 nitrogen and oxygen atoms in total. The Labute approximate surface area is 123 Å². The van der Waals surface area contributed by atoms with Gasteiger partial charge >= 0.3 is 0 Å². The predicted molar refractivity (Wildman–Crippen MR) is 81.4 cm³/mol. The van der Waals surface area contributed by atoms with Crippen LogP contribution >= 0.6 is 0 Å². The van der Waals surface area contributed by atoms with Gasteiger partial charge in [0.2, 0.25) is 0 Å². The minimum atomic E-state index is 0.371. The lowest BCUT2D eigenvalue weighted by Crippen LogP contribution is -2.51. The van der Waals surface area contributed by atoms with E-state index in [0.29, 0.717) is 16.6 Å². The zero-order valence-electron chi connectivity index (χ0n) is 13.3. The average molecular weight is 274 g/mol. The van der Waals surface area contributed by atoms with Gasteiger partial charge < -0.3 is 0 Å². The van der Waals surface area contributed by atoms with Crippen LogP contribution in [0.25, 0.3) is 0 Å². The molecule has 0 radical (unpaired) electrons. The third-order valence-electron chi connectivity index (χ3n) is 8.15. The van der Waals surface area contributed by atoms with Crippen LogP contribution in [0.4, 0.5) is 0 Å². The number of rotatable bonds is 0. The van der Waals surface area contributed by atoms with Gasteiger partial charge in [0.15, 0.2) is 0 Å². The van der Waals surface area contributed by atoms with Crippen molar-refractivity contribution in [1.82, 2.24) is 0 Å². The first kappa shape index (κ1) is 13.3. The van der Waals surface area contributed by atoms with Gasteiger partial charge in [-0.25, -0.2) is 0 Å². The Kier molecular flexibility index (Phi) is 2.89. The van der Waals surface area contributed by atoms with Crippen LogP contribution in [0.2, 0.25) is 0 Å². The molecular weight excluding hydrogens is 244 g/mol. The van der Waals surface area contributed by atoms with Crippen molar-refractivity contribution in [3.63, 3.8) is 0 Å². The Morgan fingerprint density at radius 2 is 1.80 bits per heavy atom. The molecule has 1 heteroatoms. The highest BCUT2D eigenvalue weighted by Crippen LogP contribution is 2.65. The Bertz CT molecular complexity index is 427. The molecule has 4 rings (SSSR count). The summed E-state index contributed by atoms with van der Waals surface area (Å²) in [5, 5.41) is 0. The fraction of sp³-hybridized carbons (Fsp3) is 0.947. The average Bonchev–Trinajstić information content (AvgIpc) is 2.72. The van der Waals surface area contributed by atoms with Gasteiger partial charge in [-0.2, -0.15) is 0 Å². The van der Waals surface area contributed by atoms with Gasteiger partial charge in [0.1, 0.15) is 5.78 Å². The molecule has 0 heterocycles. The highest BCUT2D eigenvalue weighted by Gasteiger charge is 2.58. The van der Waals surface area contributed by atoms with E-state index in [-0.39, 0.29) is 0 Å². The van der Waals surface area contributed by atoms with Crippen LogP contribution in [0.1, 0.15) is 78.1 Å². The van der Waals surface area contributed by atoms with E-state index in [0.717, 1.165) is 36.5 Å². The molecule has 4 fully saturated rings. The number of hydrogen-bond acceptors (Lipinski definition) is 1. The summed E-state index contributed by atoms with van der Waals surface area (Å²) in [4.78, 5) is 12.1. The molecular formula is C19H30O. The molecule has 4 saturated carbocycles. The van der Waals surface area contributed by atoms with Gasteiger partial charge in [0.25, 0.3) is 0 Å². The second-order valence-electron chi connectivity index (χ2n) is 9.01. The van der Waals surface area contributed by atoms with Crippen LogP contribution in [-0.2, 0) is 4.79 Å². The first-order valence-corrected chi connectivity index (χ1v) is 9.05. The van der Waals surface area contributed by atoms with E-state index in [4.69, 9.17) is 0 Å². The summed E-state index contributed by atoms with van der Waals surface area (Å²) in [7, 11) is 0. The maximum Gasteiger partial charge on any atom is 0.133 e. The highest BCUT2D eigenvalue weighted by molar-refractivity contribution is 5.82. The number of ketones is 1. The SMILES string of the molecule is C[C@]12CC[C@H]3[C@@H](CCC4CCCC[C@@]43C)[C@@H]1CC(=O)C2. The number of carbonyl (C=O) groups is 1. The smallest absolute Gasteiger partial charge is 0.133 e. The lowest BCUT2D eigenvalue weighted by molar-refractivity contribution is -0.118. The summed E-state index contributed by atoms with van der Waals surface area (Å²) >= 11 is 0. The molecule has 0 bridgehead atoms. The Hall–Kier alpha value is -0.330. The van der Waals surface area contributed by atoms with E-state index >= 15 is 0 Å². The summed E-state index contributed by atoms with van der Waals surface area (Å²) in [6, 6.07) is 0. The molecule has 4 aliphatic carbocycles. The van der Waals surface area contributed by atoms with E-state index in [2.05, 4.69) is 13.8 Å². The van der Waals surface area contributed by atoms with Gasteiger partial charge in [0, 0.05) is 12.8 Å². The van der Waals surface area contributed by atoms with Crippen molar-refractivity contribution >= 4 is 5.78 Å². The van der Waals surface area contributed by atoms with Crippen LogP contribution in [0.15, 0.2) is 0 Å². The van der Waals surface area contributed by atoms with E-state index in [1.165, 1.54) is 51.4 Å². The number of carbonyl (C=O) groups excluding carboxylic acids is 1. The molecule has 20 heavy (non-hydrogen) atoms. The maximum absolute atomic E-state index is 12.1. The lowest BCUT2D eigenvalue weighted by atomic mass is 9.45. The molecule has 0 aromatic heterocycles. The molecule has 0 aromatic rings. The topological polar surface area (TPSA) is 17.1 Å². The molecule has 1 unspecified atom stereocenters. The maximum atomic E-state index is 12.1. The van der Waals surface area contributed by atoms with Crippen molar-refractivity contribution in [1.29, 1.82) is 0 Å². The van der Waals surface area contributed by atoms with Crippen molar-refractivity contribution in [2.75, 3.05) is 0 Å². The van der Waals surface area contributed by atoms with Crippen LogP contribution in [0.5, 0.6) is 0 Å². The molecule has 112 valence electrons. The van der Waals surface area contributed by atoms with Gasteiger partial charge in [-0.15, -0.1) is 0 Å². The van der Waals surface area contributed by atoms with Crippen LogP contribution in [-0.4, -0.2) is 5.78 Å². The highest BCUT2D eigenvalue weighted by atomic mass is 16.1. The monoisotopic (exact) mass is 274 g/mol. The van der Waals surface area contributed by atoms with Crippen molar-refractivity contribution in [3.05, 3.63) is 0 Å². The summed E-state index contributed by atoms with van der Waals surface area (Å²) < 4.78 is 0. The van der Waals surface area contributed by atoms with Crippen LogP contribution in [0.3, 0.4) is 0 Å². The Morgan fingerprint density at radius 3 is 2.65 bits per heavy atom. The summed E-state index contributed by atoms with van der Waals surface area (Å²) in [5.41, 5.74) is 0.990. The first-order chi connectivity index (χ1) is 9.53. The minimum Gasteiger partial charge on any atom is -0.300 e. The Morgan fingerprint density at radius 1 is 0.950 bits per heavy atom. The van der Waals surface area contributed by atoms with E-state index < -0.39 is 0 Å². The number of Topliss-reactive ketones (excluding diaryl/α,β-unsaturated/α-hetero) is 1. The molecule has 0 spiro atoms. The molecule has 0 aliphatic heterocycles. The zero-order chi connectivity index (χ0) is 14.0. The van der Waals surface area contributed by atoms with E-state index in [1.54, 1.807) is 0 Å². The van der Waals surface area contributed by atoms with Gasteiger partial charge in [-0.05, 0) is 73.0 Å². The molecule has 0 aromatic carbocycles. The zero-order valence-corrected chi connectivity index (χ0v) is 13.3. The first-order valence-electron chi connectivity index (χ1n) is 9.05. The molecule has 0 N–H and O–H groups in total. The third-order valence-corrected chi connectivity index (χ3v) is 8.15. The summed E-state index contributed by atoms with van der Waals surface area (Å²) in [6.07, 6.45) is 13.3. The molecule has 4 aliphatic rings. The molecule has 0 saturated heterocycles. The molecule has 6 atom stereocenters. The van der Waals surface area contributed by atoms with E-state index in [9.17, 15) is 4.79 Å². The standard InChI is InChI=1S/C19H30O/c1-18-10-8-16-15(17(18)11-14(20)12-18)7-6-13-5-3-4-9-19(13,16)2/h13,15-17H,3-12H2,1-2H3/t13?,15-,16+,17+,18-,19+/m1/s1. The van der Waals surface area contributed by atoms with Crippen LogP contribution < -0.4 is 0 Å². The molecule has 0 amide bonds. The third kappa shape index (κ3) is 1.70. The second-order valence-corrected chi connectivity index (χ2v) is 9.01. The largest absolute Gasteiger partial charge is 0.300 e. The minimum absolute atomic E-state index is 0.371. The fourth-order valence-corrected chi connectivity index (χ4v) is 7.07. The quantitative estimate of drug-likeness (QED) is 0.608. The van der Waals surface area contributed by atoms with Gasteiger partial charge in [-0.1, -0.05) is 26.7 Å². The number of fused-ring (bicyclic) bond motifs is 5. The van der Waals surface area contributed by atoms with E-state index in [1.807, 2.05) is 0 Å². The summed E-state index contributed by atoms with van der Waals surface area (Å²) in [6.45, 7) is 5.04. The predicted octanol–water partition coefficient (Wildman–Crippen LogP) is 4.99. The Balaban J connectivity index is 1.65. The van der Waals surface area contributed by atoms with Gasteiger partial charge in [0.05, 0.1) is 0 Å². The van der Waals surface area contributed by atoms with Crippen molar-refractivity contribution in [3.8, 4) is 0 Å². The number of hydrogen-bond donors (Lipinski definition) is 0. The van der Waals surface area contributed by atoms with Gasteiger partial charge in [-0.3, -0.25) is 4.79 Å². The van der Waals surface area contributed by atoms with Crippen molar-refractivity contribution < 1.29 is 4.79 Å². The van der Waals surface area contributed by atoms with Crippen LogP contribution in [0, 0.1) is 34.5 Å². The van der Waals surface area contributed by atoms with Crippen molar-refractivity contribution in [2.24, 2.45) is 34.5 Å². The normalized spacial score (nSPS) is 55.0. The second kappa shape index (κ2) is 4.34. The summed E-state index contributed by atoms with van der Waals surface area (Å²) in [5.74, 6) is 4.10.